The Morgan fingerprint density at radius 1 is 1.19 bits per heavy atom. The van der Waals surface area contributed by atoms with Crippen LogP contribution in [0.1, 0.15) is 44.6 Å². The highest BCUT2D eigenvalue weighted by Gasteiger charge is 2.16. The van der Waals surface area contributed by atoms with Gasteiger partial charge in [0.05, 0.1) is 11.8 Å². The van der Waals surface area contributed by atoms with Crippen molar-refractivity contribution in [3.8, 4) is 0 Å². The molecule has 0 aliphatic carbocycles. The Morgan fingerprint density at radius 3 is 2.52 bits per heavy atom. The number of aromatic nitrogens is 3. The first-order chi connectivity index (χ1) is 12.9. The van der Waals surface area contributed by atoms with Gasteiger partial charge in [0, 0.05) is 19.4 Å². The number of carbonyl (C=O) groups is 2. The summed E-state index contributed by atoms with van der Waals surface area (Å²) in [4.78, 5) is 23.4. The Balaban J connectivity index is 1.97. The van der Waals surface area contributed by atoms with E-state index in [1.54, 1.807) is 0 Å². The van der Waals surface area contributed by atoms with Crippen LogP contribution in [0.3, 0.4) is 0 Å². The van der Waals surface area contributed by atoms with E-state index in [4.69, 9.17) is 5.73 Å². The van der Waals surface area contributed by atoms with Crippen molar-refractivity contribution in [2.45, 2.75) is 51.4 Å². The predicted octanol–water partition coefficient (Wildman–Crippen LogP) is 2.32. The maximum Gasteiger partial charge on any atom is 0.230 e. The third-order valence-corrected chi connectivity index (χ3v) is 4.91. The fourth-order valence-corrected chi connectivity index (χ4v) is 3.41. The first-order valence-electron chi connectivity index (χ1n) is 9.04. The second kappa shape index (κ2) is 10.1. The molecule has 2 amide bonds. The van der Waals surface area contributed by atoms with Gasteiger partial charge < -0.3 is 15.6 Å². The number of nitrogens with one attached hydrogen (secondary N) is 1. The highest BCUT2D eigenvalue weighted by molar-refractivity contribution is 7.99. The van der Waals surface area contributed by atoms with Crippen LogP contribution in [0.15, 0.2) is 35.5 Å². The van der Waals surface area contributed by atoms with E-state index in [0.29, 0.717) is 17.5 Å². The highest BCUT2D eigenvalue weighted by Crippen LogP contribution is 2.20. The Bertz CT molecular complexity index is 761. The summed E-state index contributed by atoms with van der Waals surface area (Å²) in [5.74, 6) is 0.942. The molecule has 0 saturated heterocycles. The molecule has 1 aromatic heterocycles. The van der Waals surface area contributed by atoms with E-state index >= 15 is 0 Å². The number of carbonyl (C=O) groups excluding carboxylic acids is 2. The van der Waals surface area contributed by atoms with Crippen molar-refractivity contribution in [1.82, 2.24) is 20.1 Å². The lowest BCUT2D eigenvalue weighted by atomic mass is 10.1. The number of primary amides is 1. The quantitative estimate of drug-likeness (QED) is 0.607. The van der Waals surface area contributed by atoms with Crippen molar-refractivity contribution in [2.75, 3.05) is 5.75 Å². The van der Waals surface area contributed by atoms with E-state index in [9.17, 15) is 9.59 Å². The zero-order valence-electron chi connectivity index (χ0n) is 16.0. The van der Waals surface area contributed by atoms with E-state index in [2.05, 4.69) is 29.4 Å². The maximum absolute atomic E-state index is 12.3. The fourth-order valence-electron chi connectivity index (χ4n) is 2.63. The molecular formula is C19H27N5O2S. The summed E-state index contributed by atoms with van der Waals surface area (Å²) >= 11 is 1.35. The lowest BCUT2D eigenvalue weighted by Crippen LogP contribution is -2.28. The summed E-state index contributed by atoms with van der Waals surface area (Å²) in [6.45, 7) is 6.88. The second-order valence-corrected chi connectivity index (χ2v) is 7.80. The minimum atomic E-state index is -0.363. The van der Waals surface area contributed by atoms with Crippen molar-refractivity contribution < 1.29 is 9.59 Å². The van der Waals surface area contributed by atoms with Crippen molar-refractivity contribution in [2.24, 2.45) is 11.7 Å². The molecule has 1 atom stereocenters. The molecule has 0 saturated carbocycles. The highest BCUT2D eigenvalue weighted by atomic mass is 32.2. The molecule has 0 radical (unpaired) electrons. The Kier molecular flexibility index (Phi) is 7.84. The van der Waals surface area contributed by atoms with Crippen LogP contribution in [0.2, 0.25) is 0 Å². The second-order valence-electron chi connectivity index (χ2n) is 6.86. The molecular weight excluding hydrogens is 362 g/mol. The van der Waals surface area contributed by atoms with E-state index in [1.165, 1.54) is 11.8 Å². The van der Waals surface area contributed by atoms with E-state index in [1.807, 2.05) is 41.8 Å². The van der Waals surface area contributed by atoms with Gasteiger partial charge in [0.1, 0.15) is 5.82 Å². The van der Waals surface area contributed by atoms with Crippen LogP contribution in [0, 0.1) is 5.92 Å². The topological polar surface area (TPSA) is 103 Å². The molecule has 3 N–H and O–H groups in total. The largest absolute Gasteiger partial charge is 0.370 e. The van der Waals surface area contributed by atoms with Crippen molar-refractivity contribution in [3.63, 3.8) is 0 Å². The SMILES string of the molecule is CC(C)Cn1c(CCC(N)=O)nnc1SCC(=O)N[C@H](C)c1ccccc1. The molecule has 7 nitrogen and oxygen atoms in total. The average Bonchev–Trinajstić information content (AvgIpc) is 3.00. The fraction of sp³-hybridized carbons (Fsp3) is 0.474. The third-order valence-electron chi connectivity index (χ3n) is 3.95. The van der Waals surface area contributed by atoms with E-state index < -0.39 is 0 Å². The van der Waals surface area contributed by atoms with Crippen LogP contribution in [0.25, 0.3) is 0 Å². The molecule has 2 aromatic rings. The van der Waals surface area contributed by atoms with Crippen LogP contribution >= 0.6 is 11.8 Å². The lowest BCUT2D eigenvalue weighted by Gasteiger charge is -2.15. The van der Waals surface area contributed by atoms with E-state index in [0.717, 1.165) is 17.9 Å². The van der Waals surface area contributed by atoms with Crippen LogP contribution in [0.5, 0.6) is 0 Å². The first-order valence-corrected chi connectivity index (χ1v) is 10.0. The molecule has 1 heterocycles. The van der Waals surface area contributed by atoms with E-state index in [-0.39, 0.29) is 30.0 Å². The van der Waals surface area contributed by atoms with Gasteiger partial charge in [-0.2, -0.15) is 0 Å². The molecule has 2 rings (SSSR count). The Morgan fingerprint density at radius 2 is 1.89 bits per heavy atom. The van der Waals surface area contributed by atoms with Crippen LogP contribution < -0.4 is 11.1 Å². The summed E-state index contributed by atoms with van der Waals surface area (Å²) in [5.41, 5.74) is 6.30. The molecule has 0 aliphatic heterocycles. The zero-order chi connectivity index (χ0) is 19.8. The van der Waals surface area contributed by atoms with Gasteiger partial charge in [-0.25, -0.2) is 0 Å². The minimum Gasteiger partial charge on any atom is -0.370 e. The molecule has 0 bridgehead atoms. The standard InChI is InChI=1S/C19H27N5O2S/c1-13(2)11-24-17(10-9-16(20)25)22-23-19(24)27-12-18(26)21-14(3)15-7-5-4-6-8-15/h4-8,13-14H,9-12H2,1-3H3,(H2,20,25)(H,21,26)/t14-/m1/s1. The summed E-state index contributed by atoms with van der Waals surface area (Å²) in [6, 6.07) is 9.78. The van der Waals surface area contributed by atoms with Gasteiger partial charge in [0.25, 0.3) is 0 Å². The number of benzene rings is 1. The Hall–Kier alpha value is -2.35. The Labute approximate surface area is 164 Å². The zero-order valence-corrected chi connectivity index (χ0v) is 16.8. The molecule has 27 heavy (non-hydrogen) atoms. The van der Waals surface area contributed by atoms with Crippen LogP contribution in [-0.4, -0.2) is 32.3 Å². The number of thioether (sulfide) groups is 1. The predicted molar refractivity (Wildman–Crippen MR) is 106 cm³/mol. The maximum atomic E-state index is 12.3. The van der Waals surface area contributed by atoms with Crippen molar-refractivity contribution >= 4 is 23.6 Å². The molecule has 8 heteroatoms. The van der Waals surface area contributed by atoms with Gasteiger partial charge in [-0.3, -0.25) is 9.59 Å². The molecule has 0 aliphatic rings. The summed E-state index contributed by atoms with van der Waals surface area (Å²) in [7, 11) is 0. The van der Waals surface area contributed by atoms with Gasteiger partial charge >= 0.3 is 0 Å². The van der Waals surface area contributed by atoms with Crippen LogP contribution in [0.4, 0.5) is 0 Å². The first kappa shape index (κ1) is 21.0. The summed E-state index contributed by atoms with van der Waals surface area (Å²) in [5, 5.41) is 12.1. The van der Waals surface area contributed by atoms with Crippen LogP contribution in [-0.2, 0) is 22.6 Å². The van der Waals surface area contributed by atoms with Gasteiger partial charge in [-0.15, -0.1) is 10.2 Å². The van der Waals surface area contributed by atoms with Gasteiger partial charge in [0.2, 0.25) is 11.8 Å². The number of amides is 2. The lowest BCUT2D eigenvalue weighted by molar-refractivity contribution is -0.119. The number of hydrogen-bond donors (Lipinski definition) is 2. The van der Waals surface area contributed by atoms with Crippen molar-refractivity contribution in [3.05, 3.63) is 41.7 Å². The molecule has 0 unspecified atom stereocenters. The monoisotopic (exact) mass is 389 g/mol. The minimum absolute atomic E-state index is 0.0565. The number of hydrogen-bond acceptors (Lipinski definition) is 5. The number of nitrogens with zero attached hydrogens (tertiary/aromatic N) is 3. The molecule has 1 aromatic carbocycles. The summed E-state index contributed by atoms with van der Waals surface area (Å²) < 4.78 is 1.98. The summed E-state index contributed by atoms with van der Waals surface area (Å²) in [6.07, 6.45) is 0.683. The molecule has 0 spiro atoms. The smallest absolute Gasteiger partial charge is 0.230 e. The van der Waals surface area contributed by atoms with Gasteiger partial charge in [0.15, 0.2) is 5.16 Å². The van der Waals surface area contributed by atoms with Crippen molar-refractivity contribution in [1.29, 1.82) is 0 Å². The van der Waals surface area contributed by atoms with Gasteiger partial charge in [-0.1, -0.05) is 55.9 Å². The third kappa shape index (κ3) is 6.71. The number of rotatable bonds is 10. The normalized spacial score (nSPS) is 12.1. The molecule has 0 fully saturated rings. The number of nitrogens with two attached hydrogens (primary N) is 1. The average molecular weight is 390 g/mol. The molecule has 146 valence electrons. The van der Waals surface area contributed by atoms with Gasteiger partial charge in [-0.05, 0) is 18.4 Å². The number of aryl methyl sites for hydroxylation is 1.